The molecule has 0 heterocycles. The van der Waals surface area contributed by atoms with Gasteiger partial charge in [-0.25, -0.2) is 0 Å². The third-order valence-corrected chi connectivity index (χ3v) is 0.306. The maximum absolute atomic E-state index is 6.10. The summed E-state index contributed by atoms with van der Waals surface area (Å²) in [5, 5.41) is 0. The van der Waals surface area contributed by atoms with E-state index < -0.39 is 0 Å². The molecule has 30 valence electrons. The monoisotopic (exact) mass is 74.1 g/mol. The second kappa shape index (κ2) is 3.60. The molecule has 0 radical (unpaired) electrons. The van der Waals surface area contributed by atoms with Crippen LogP contribution in [0.1, 0.15) is 13.3 Å². The molecular weight excluding hydrogens is 66.0 g/mol. The zero-order valence-corrected chi connectivity index (χ0v) is 3.32. The van der Waals surface area contributed by atoms with Gasteiger partial charge in [0.15, 0.2) is 0 Å². The Bertz CT molecular complexity index is 28.1. The zero-order valence-electron chi connectivity index (χ0n) is 3.32. The Morgan fingerprint density at radius 2 is 2.40 bits per heavy atom. The molecule has 5 heavy (non-hydrogen) atoms. The summed E-state index contributed by atoms with van der Waals surface area (Å²) in [5.41, 5.74) is 6.10. The van der Waals surface area contributed by atoms with E-state index >= 15 is 0 Å². The molecule has 0 aromatic rings. The molecule has 0 amide bonds. The van der Waals surface area contributed by atoms with Gasteiger partial charge in [0.25, 0.3) is 0 Å². The summed E-state index contributed by atoms with van der Waals surface area (Å²) >= 11 is 0. The van der Waals surface area contributed by atoms with Crippen LogP contribution in [0.15, 0.2) is 0 Å². The fraction of sp³-hybridized carbons (Fsp3) is 1.00. The van der Waals surface area contributed by atoms with Gasteiger partial charge in [-0.05, 0) is 0 Å². The average molecular weight is 74.1 g/mol. The van der Waals surface area contributed by atoms with E-state index in [4.69, 9.17) is 5.59 Å². The van der Waals surface area contributed by atoms with Gasteiger partial charge < -0.3 is 0 Å². The topological polar surface area (TPSA) is 35.2 Å². The fourth-order valence-corrected chi connectivity index (χ4v) is 0.102. The molecule has 2 nitrogen and oxygen atoms in total. The van der Waals surface area contributed by atoms with E-state index in [1.54, 1.807) is 0 Å². The van der Waals surface area contributed by atoms with Gasteiger partial charge in [-0.15, -0.1) is 4.54 Å². The van der Waals surface area contributed by atoms with Crippen molar-refractivity contribution in [3.05, 3.63) is 4.54 Å². The Morgan fingerprint density at radius 3 is 2.40 bits per heavy atom. The number of nitroso groups, excluding NO2 is 1. The molecule has 0 rings (SSSR count). The minimum Gasteiger partial charge on any atom is -0.125 e. The summed E-state index contributed by atoms with van der Waals surface area (Å²) in [7, 11) is 0. The smallest absolute Gasteiger partial charge is 0.125 e. The molecular formula is C3H8NO+. The highest BCUT2D eigenvalue weighted by atomic mass is 16.4. The summed E-state index contributed by atoms with van der Waals surface area (Å²) in [4.78, 5) is 0. The van der Waals surface area contributed by atoms with Gasteiger partial charge in [-0.1, -0.05) is 6.92 Å². The Balaban J connectivity index is 2.40. The van der Waals surface area contributed by atoms with Crippen LogP contribution in [0.25, 0.3) is 0 Å². The van der Waals surface area contributed by atoms with Crippen LogP contribution in [0.5, 0.6) is 0 Å². The lowest BCUT2D eigenvalue weighted by molar-refractivity contribution is 0.993. The van der Waals surface area contributed by atoms with Gasteiger partial charge in [0.05, 0.1) is 0 Å². The minimum atomic E-state index is 0.556. The Morgan fingerprint density at radius 1 is 1.80 bits per heavy atom. The first kappa shape index (κ1) is 4.60. The Kier molecular flexibility index (Phi) is 3.31. The van der Waals surface area contributed by atoms with Crippen LogP contribution in [-0.2, 0) is 0 Å². The predicted octanol–water partition coefficient (Wildman–Crippen LogP) is 1.28. The summed E-state index contributed by atoms with van der Waals surface area (Å²) in [5.74, 6) is 0. The average Bonchev–Trinajstić information content (AvgIpc) is 1.41. The van der Waals surface area contributed by atoms with Gasteiger partial charge in [-0.2, -0.15) is 0 Å². The van der Waals surface area contributed by atoms with E-state index in [2.05, 4.69) is 4.54 Å². The molecule has 0 aliphatic rings. The molecule has 0 bridgehead atoms. The van der Waals surface area contributed by atoms with Gasteiger partial charge >= 0.3 is 6.61 Å². The first-order valence-corrected chi connectivity index (χ1v) is 1.70. The maximum Gasteiger partial charge on any atom is 0.305 e. The predicted molar refractivity (Wildman–Crippen MR) is 21.2 cm³/mol. The molecule has 0 saturated heterocycles. The van der Waals surface area contributed by atoms with Crippen LogP contribution < -0.4 is 0 Å². The maximum atomic E-state index is 6.10. The fourth-order valence-electron chi connectivity index (χ4n) is 0.102. The summed E-state index contributed by atoms with van der Waals surface area (Å²) in [6, 6.07) is 0. The number of nitrogens with one attached hydrogen (secondary N) is 1. The second-order valence-electron chi connectivity index (χ2n) is 0.848. The van der Waals surface area contributed by atoms with E-state index in [9.17, 15) is 0 Å². The number of hydrogen-bond donors (Lipinski definition) is 1. The quantitative estimate of drug-likeness (QED) is 0.479. The van der Waals surface area contributed by atoms with Crippen molar-refractivity contribution < 1.29 is 0 Å². The van der Waals surface area contributed by atoms with Crippen molar-refractivity contribution >= 4 is 0 Å². The van der Waals surface area contributed by atoms with Crippen molar-refractivity contribution in [3.63, 3.8) is 0 Å². The van der Waals surface area contributed by atoms with E-state index in [0.717, 1.165) is 6.42 Å². The molecule has 0 unspecified atom stereocenters. The zero-order chi connectivity index (χ0) is 4.12. The van der Waals surface area contributed by atoms with E-state index in [0.29, 0.717) is 6.61 Å². The molecule has 0 aromatic heterocycles. The highest BCUT2D eigenvalue weighted by Crippen LogP contribution is 1.68. The summed E-state index contributed by atoms with van der Waals surface area (Å²) in [6.07, 6.45) is 0.934. The van der Waals surface area contributed by atoms with E-state index in [-0.39, 0.29) is 0 Å². The number of rotatable bonds is 2. The van der Waals surface area contributed by atoms with Crippen molar-refractivity contribution in [2.45, 2.75) is 13.3 Å². The van der Waals surface area contributed by atoms with Crippen LogP contribution in [0.2, 0.25) is 0 Å². The Labute approximate surface area is 31.3 Å². The van der Waals surface area contributed by atoms with Gasteiger partial charge in [0.2, 0.25) is 0 Å². The molecule has 0 aliphatic carbocycles. The summed E-state index contributed by atoms with van der Waals surface area (Å²) < 4.78 is 3.94. The largest absolute Gasteiger partial charge is 0.305 e. The molecule has 0 saturated carbocycles. The van der Waals surface area contributed by atoms with Gasteiger partial charge in [0.1, 0.15) is 5.59 Å². The van der Waals surface area contributed by atoms with E-state index in [1.807, 2.05) is 6.92 Å². The van der Waals surface area contributed by atoms with Crippen molar-refractivity contribution in [2.24, 2.45) is 0 Å². The molecule has 1 N–H and O–H groups in total. The molecule has 0 aliphatic heterocycles. The first-order chi connectivity index (χ1) is 2.41. The highest BCUT2D eigenvalue weighted by Gasteiger charge is 1.77. The second-order valence-corrected chi connectivity index (χ2v) is 0.848. The molecule has 0 atom stereocenters. The SMILES string of the molecule is CCC[O+]=N. The first-order valence-electron chi connectivity index (χ1n) is 1.70. The normalized spacial score (nSPS) is 7.40. The van der Waals surface area contributed by atoms with Crippen LogP contribution in [0, 0.1) is 10.1 Å². The van der Waals surface area contributed by atoms with Crippen molar-refractivity contribution in [1.29, 1.82) is 5.59 Å². The third-order valence-electron chi connectivity index (χ3n) is 0.306. The van der Waals surface area contributed by atoms with Gasteiger partial charge in [0, 0.05) is 6.42 Å². The Hall–Kier alpha value is -0.400. The van der Waals surface area contributed by atoms with Crippen LogP contribution in [0.3, 0.4) is 0 Å². The van der Waals surface area contributed by atoms with Crippen molar-refractivity contribution in [3.8, 4) is 0 Å². The lowest BCUT2D eigenvalue weighted by Gasteiger charge is -1.59. The lowest BCUT2D eigenvalue weighted by atomic mass is 10.5. The van der Waals surface area contributed by atoms with Gasteiger partial charge in [-0.3, -0.25) is 0 Å². The highest BCUT2D eigenvalue weighted by molar-refractivity contribution is 4.49. The van der Waals surface area contributed by atoms with Crippen molar-refractivity contribution in [2.75, 3.05) is 6.61 Å². The lowest BCUT2D eigenvalue weighted by Crippen LogP contribution is -1.68. The molecule has 0 aromatic carbocycles. The van der Waals surface area contributed by atoms with Crippen LogP contribution >= 0.6 is 0 Å². The van der Waals surface area contributed by atoms with Crippen molar-refractivity contribution in [1.82, 2.24) is 0 Å². The molecule has 0 fully saturated rings. The van der Waals surface area contributed by atoms with Crippen LogP contribution in [0.4, 0.5) is 0 Å². The standard InChI is InChI=1S/C3H8NO/c1-2-3-5-4/h4H,2-3H2,1H3/q+1. The minimum absolute atomic E-state index is 0.556. The van der Waals surface area contributed by atoms with E-state index in [1.165, 1.54) is 0 Å². The molecule has 2 heteroatoms. The summed E-state index contributed by atoms with van der Waals surface area (Å²) in [6.45, 7) is 2.52. The van der Waals surface area contributed by atoms with Crippen LogP contribution in [-0.4, -0.2) is 6.61 Å². The third kappa shape index (κ3) is 3.60. The number of hydrogen-bond acceptors (Lipinski definition) is 1. The molecule has 0 spiro atoms.